The van der Waals surface area contributed by atoms with Crippen molar-refractivity contribution in [2.45, 2.75) is 13.3 Å². The first-order valence-electron chi connectivity index (χ1n) is 6.73. The quantitative estimate of drug-likeness (QED) is 0.887. The Balaban J connectivity index is 2.13. The van der Waals surface area contributed by atoms with Gasteiger partial charge < -0.3 is 15.3 Å². The number of hydrogen-bond acceptors (Lipinski definition) is 4. The molecule has 1 aromatic heterocycles. The Bertz CT molecular complexity index is 684. The standard InChI is InChI=1S/C15H17N3O3S/c1-10-16-13(9-22-10)11-5-3-4-6-12(11)17-15(21)18(2)8-7-14(19)20/h3-6,9H,7-8H2,1-2H3,(H,17,21)(H,19,20). The summed E-state index contributed by atoms with van der Waals surface area (Å²) < 4.78 is 0. The van der Waals surface area contributed by atoms with Gasteiger partial charge in [-0.25, -0.2) is 9.78 Å². The molecule has 0 unspecified atom stereocenters. The summed E-state index contributed by atoms with van der Waals surface area (Å²) in [7, 11) is 1.56. The van der Waals surface area contributed by atoms with E-state index in [0.29, 0.717) is 5.69 Å². The molecule has 1 aromatic carbocycles. The fourth-order valence-corrected chi connectivity index (χ4v) is 2.49. The molecule has 116 valence electrons. The van der Waals surface area contributed by atoms with Crippen molar-refractivity contribution in [2.75, 3.05) is 18.9 Å². The normalized spacial score (nSPS) is 10.3. The minimum absolute atomic E-state index is 0.0865. The number of rotatable bonds is 5. The number of nitrogens with zero attached hydrogens (tertiary/aromatic N) is 2. The molecular formula is C15H17N3O3S. The van der Waals surface area contributed by atoms with Crippen LogP contribution in [0.4, 0.5) is 10.5 Å². The largest absolute Gasteiger partial charge is 0.481 e. The summed E-state index contributed by atoms with van der Waals surface area (Å²) in [5, 5.41) is 14.4. The Kier molecular flexibility index (Phi) is 5.11. The van der Waals surface area contributed by atoms with Crippen molar-refractivity contribution in [1.82, 2.24) is 9.88 Å². The number of para-hydroxylation sites is 1. The van der Waals surface area contributed by atoms with Crippen molar-refractivity contribution in [3.63, 3.8) is 0 Å². The van der Waals surface area contributed by atoms with Gasteiger partial charge in [0, 0.05) is 24.5 Å². The SMILES string of the molecule is Cc1nc(-c2ccccc2NC(=O)N(C)CCC(=O)O)cs1. The van der Waals surface area contributed by atoms with E-state index in [2.05, 4.69) is 10.3 Å². The maximum Gasteiger partial charge on any atom is 0.321 e. The summed E-state index contributed by atoms with van der Waals surface area (Å²) in [5.74, 6) is -0.932. The molecular weight excluding hydrogens is 302 g/mol. The number of aliphatic carboxylic acids is 1. The zero-order valence-electron chi connectivity index (χ0n) is 12.4. The van der Waals surface area contributed by atoms with Gasteiger partial charge in [0.2, 0.25) is 0 Å². The molecule has 2 amide bonds. The van der Waals surface area contributed by atoms with Crippen molar-refractivity contribution in [1.29, 1.82) is 0 Å². The lowest BCUT2D eigenvalue weighted by atomic mass is 10.1. The van der Waals surface area contributed by atoms with Crippen LogP contribution in [0.25, 0.3) is 11.3 Å². The van der Waals surface area contributed by atoms with E-state index in [0.717, 1.165) is 16.3 Å². The summed E-state index contributed by atoms with van der Waals surface area (Å²) in [5.41, 5.74) is 2.30. The number of carbonyl (C=O) groups is 2. The van der Waals surface area contributed by atoms with E-state index in [1.807, 2.05) is 30.5 Å². The highest BCUT2D eigenvalue weighted by Gasteiger charge is 2.14. The van der Waals surface area contributed by atoms with Gasteiger partial charge in [-0.2, -0.15) is 0 Å². The second-order valence-corrected chi connectivity index (χ2v) is 5.86. The average molecular weight is 319 g/mol. The smallest absolute Gasteiger partial charge is 0.321 e. The molecule has 2 aromatic rings. The Morgan fingerprint density at radius 3 is 2.73 bits per heavy atom. The molecule has 0 aliphatic rings. The third kappa shape index (κ3) is 4.05. The molecule has 0 radical (unpaired) electrons. The molecule has 2 N–H and O–H groups in total. The number of aromatic nitrogens is 1. The van der Waals surface area contributed by atoms with Crippen molar-refractivity contribution in [3.05, 3.63) is 34.7 Å². The number of nitrogens with one attached hydrogen (secondary N) is 1. The number of amides is 2. The lowest BCUT2D eigenvalue weighted by Crippen LogP contribution is -2.33. The van der Waals surface area contributed by atoms with Gasteiger partial charge in [0.1, 0.15) is 0 Å². The molecule has 0 aliphatic heterocycles. The molecule has 6 nitrogen and oxygen atoms in total. The topological polar surface area (TPSA) is 82.5 Å². The summed E-state index contributed by atoms with van der Waals surface area (Å²) in [6.07, 6.45) is -0.0865. The van der Waals surface area contributed by atoms with Crippen molar-refractivity contribution < 1.29 is 14.7 Å². The molecule has 0 atom stereocenters. The number of benzene rings is 1. The van der Waals surface area contributed by atoms with Crippen LogP contribution in [-0.2, 0) is 4.79 Å². The highest BCUT2D eigenvalue weighted by molar-refractivity contribution is 7.09. The minimum atomic E-state index is -0.932. The highest BCUT2D eigenvalue weighted by Crippen LogP contribution is 2.28. The third-order valence-corrected chi connectivity index (χ3v) is 3.84. The van der Waals surface area contributed by atoms with Crippen LogP contribution in [0, 0.1) is 6.92 Å². The van der Waals surface area contributed by atoms with Crippen LogP contribution in [0.3, 0.4) is 0 Å². The van der Waals surface area contributed by atoms with Gasteiger partial charge >= 0.3 is 12.0 Å². The monoisotopic (exact) mass is 319 g/mol. The number of anilines is 1. The average Bonchev–Trinajstić information content (AvgIpc) is 2.91. The van der Waals surface area contributed by atoms with Crippen LogP contribution in [0.1, 0.15) is 11.4 Å². The Hall–Kier alpha value is -2.41. The molecule has 1 heterocycles. The number of carboxylic acids is 1. The fraction of sp³-hybridized carbons (Fsp3) is 0.267. The maximum atomic E-state index is 12.1. The molecule has 22 heavy (non-hydrogen) atoms. The number of carboxylic acid groups (broad SMARTS) is 1. The van der Waals surface area contributed by atoms with Crippen molar-refractivity contribution >= 4 is 29.0 Å². The first-order chi connectivity index (χ1) is 10.5. The zero-order valence-corrected chi connectivity index (χ0v) is 13.2. The van der Waals surface area contributed by atoms with Gasteiger partial charge in [0.05, 0.1) is 22.8 Å². The molecule has 0 saturated heterocycles. The van der Waals surface area contributed by atoms with Crippen LogP contribution in [0.5, 0.6) is 0 Å². The second-order valence-electron chi connectivity index (χ2n) is 4.79. The van der Waals surface area contributed by atoms with E-state index in [-0.39, 0.29) is 19.0 Å². The molecule has 2 rings (SSSR count). The number of carbonyl (C=O) groups excluding carboxylic acids is 1. The van der Waals surface area contributed by atoms with Gasteiger partial charge in [-0.15, -0.1) is 11.3 Å². The molecule has 0 fully saturated rings. The molecule has 0 aliphatic carbocycles. The number of urea groups is 1. The summed E-state index contributed by atoms with van der Waals surface area (Å²) in [4.78, 5) is 28.5. The van der Waals surface area contributed by atoms with E-state index in [1.54, 1.807) is 24.5 Å². The second kappa shape index (κ2) is 7.04. The minimum Gasteiger partial charge on any atom is -0.481 e. The lowest BCUT2D eigenvalue weighted by molar-refractivity contribution is -0.137. The fourth-order valence-electron chi connectivity index (χ4n) is 1.88. The predicted octanol–water partition coefficient (Wildman–Crippen LogP) is 3.06. The number of thiazole rings is 1. The van der Waals surface area contributed by atoms with Gasteiger partial charge in [0.15, 0.2) is 0 Å². The maximum absolute atomic E-state index is 12.1. The van der Waals surface area contributed by atoms with Gasteiger partial charge in [-0.3, -0.25) is 4.79 Å². The van der Waals surface area contributed by atoms with Crippen LogP contribution in [0.2, 0.25) is 0 Å². The zero-order chi connectivity index (χ0) is 16.1. The number of hydrogen-bond donors (Lipinski definition) is 2. The molecule has 0 saturated carbocycles. The van der Waals surface area contributed by atoms with E-state index >= 15 is 0 Å². The van der Waals surface area contributed by atoms with Crippen LogP contribution in [-0.4, -0.2) is 40.6 Å². The van der Waals surface area contributed by atoms with Crippen LogP contribution in [0.15, 0.2) is 29.6 Å². The Morgan fingerprint density at radius 2 is 2.09 bits per heavy atom. The predicted molar refractivity (Wildman–Crippen MR) is 86.2 cm³/mol. The first kappa shape index (κ1) is 16.0. The van der Waals surface area contributed by atoms with Crippen molar-refractivity contribution in [3.8, 4) is 11.3 Å². The van der Waals surface area contributed by atoms with Crippen LogP contribution >= 0.6 is 11.3 Å². The van der Waals surface area contributed by atoms with Gasteiger partial charge in [-0.05, 0) is 13.0 Å². The summed E-state index contributed by atoms with van der Waals surface area (Å²) in [6, 6.07) is 7.05. The van der Waals surface area contributed by atoms with E-state index < -0.39 is 5.97 Å². The Labute approximate surface area is 132 Å². The van der Waals surface area contributed by atoms with E-state index in [9.17, 15) is 9.59 Å². The molecule has 7 heteroatoms. The summed E-state index contributed by atoms with van der Waals surface area (Å²) in [6.45, 7) is 2.08. The van der Waals surface area contributed by atoms with Gasteiger partial charge in [0.25, 0.3) is 0 Å². The lowest BCUT2D eigenvalue weighted by Gasteiger charge is -2.18. The van der Waals surface area contributed by atoms with E-state index in [4.69, 9.17) is 5.11 Å². The first-order valence-corrected chi connectivity index (χ1v) is 7.61. The molecule has 0 bridgehead atoms. The Morgan fingerprint density at radius 1 is 1.36 bits per heavy atom. The third-order valence-electron chi connectivity index (χ3n) is 3.07. The highest BCUT2D eigenvalue weighted by atomic mass is 32.1. The van der Waals surface area contributed by atoms with Gasteiger partial charge in [-0.1, -0.05) is 18.2 Å². The van der Waals surface area contributed by atoms with E-state index in [1.165, 1.54) is 4.90 Å². The molecule has 0 spiro atoms. The number of aryl methyl sites for hydroxylation is 1. The van der Waals surface area contributed by atoms with Crippen molar-refractivity contribution in [2.24, 2.45) is 0 Å². The van der Waals surface area contributed by atoms with Crippen LogP contribution < -0.4 is 5.32 Å². The summed E-state index contributed by atoms with van der Waals surface area (Å²) >= 11 is 1.54.